The number of nitrogens with two attached hydrogens (primary N) is 1. The summed E-state index contributed by atoms with van der Waals surface area (Å²) in [7, 11) is 0. The molecule has 4 unspecified atom stereocenters. The van der Waals surface area contributed by atoms with Crippen molar-refractivity contribution in [1.29, 1.82) is 0 Å². The summed E-state index contributed by atoms with van der Waals surface area (Å²) < 4.78 is 14.2. The summed E-state index contributed by atoms with van der Waals surface area (Å²) in [6.07, 6.45) is -0.0887. The van der Waals surface area contributed by atoms with Crippen LogP contribution in [0, 0.1) is 5.82 Å². The van der Waals surface area contributed by atoms with Gasteiger partial charge in [0.15, 0.2) is 0 Å². The lowest BCUT2D eigenvalue weighted by Crippen LogP contribution is -2.57. The molecule has 0 aliphatic heterocycles. The van der Waals surface area contributed by atoms with E-state index in [0.717, 1.165) is 22.3 Å². The van der Waals surface area contributed by atoms with E-state index in [2.05, 4.69) is 21.3 Å². The Morgan fingerprint density at radius 3 is 1.63 bits per heavy atom. The molecule has 0 saturated heterocycles. The minimum Gasteiger partial charge on any atom is -0.368 e. The molecule has 292 valence electrons. The predicted octanol–water partition coefficient (Wildman–Crippen LogP) is 3.78. The zero-order valence-corrected chi connectivity index (χ0v) is 31.3. The highest BCUT2D eigenvalue weighted by Crippen LogP contribution is 2.20. The van der Waals surface area contributed by atoms with Crippen LogP contribution >= 0.6 is 0 Å². The predicted molar refractivity (Wildman–Crippen MR) is 214 cm³/mol. The van der Waals surface area contributed by atoms with Gasteiger partial charge in [0, 0.05) is 19.3 Å². The summed E-state index contributed by atoms with van der Waals surface area (Å²) in [5.74, 6) is -5.67. The highest BCUT2D eigenvalue weighted by atomic mass is 19.1. The summed E-state index contributed by atoms with van der Waals surface area (Å²) in [5.41, 5.74) is 10.2. The maximum absolute atomic E-state index is 14.2. The molecule has 0 spiro atoms. The number of carbonyl (C=O) groups excluding carboxylic acids is 6. The zero-order valence-electron chi connectivity index (χ0n) is 31.3. The van der Waals surface area contributed by atoms with Crippen LogP contribution in [0.1, 0.15) is 29.2 Å². The number of hydrogen-bond donors (Lipinski definition) is 5. The molecular formula is C45H44FN5O6. The van der Waals surface area contributed by atoms with Gasteiger partial charge in [-0.05, 0) is 52.4 Å². The van der Waals surface area contributed by atoms with Crippen molar-refractivity contribution < 1.29 is 33.2 Å². The highest BCUT2D eigenvalue weighted by molar-refractivity contribution is 6.38. The van der Waals surface area contributed by atoms with Gasteiger partial charge in [0.05, 0.1) is 12.5 Å². The van der Waals surface area contributed by atoms with Crippen molar-refractivity contribution in [2.24, 2.45) is 5.73 Å². The van der Waals surface area contributed by atoms with Crippen LogP contribution in [-0.2, 0) is 54.5 Å². The monoisotopic (exact) mass is 769 g/mol. The molecule has 5 rings (SSSR count). The summed E-state index contributed by atoms with van der Waals surface area (Å²) in [6, 6.07) is 35.3. The van der Waals surface area contributed by atoms with Crippen LogP contribution in [0.25, 0.3) is 11.1 Å². The molecule has 4 atom stereocenters. The number of carbonyl (C=O) groups is 6. The second-order valence-corrected chi connectivity index (χ2v) is 13.7. The molecule has 5 aromatic rings. The van der Waals surface area contributed by atoms with Gasteiger partial charge in [-0.2, -0.15) is 0 Å². The molecule has 57 heavy (non-hydrogen) atoms. The van der Waals surface area contributed by atoms with E-state index >= 15 is 0 Å². The average Bonchev–Trinajstić information content (AvgIpc) is 3.21. The van der Waals surface area contributed by atoms with E-state index in [-0.39, 0.29) is 25.7 Å². The number of primary amides is 1. The molecule has 5 amide bonds. The number of Topliss-reactive ketones (excluding diaryl/α,β-unsaturated/α-hetero) is 1. The Bertz CT molecular complexity index is 2170. The van der Waals surface area contributed by atoms with Crippen LogP contribution in [0.2, 0.25) is 0 Å². The Labute approximate surface area is 330 Å². The first kappa shape index (κ1) is 41.2. The number of hydrogen-bond acceptors (Lipinski definition) is 6. The molecule has 0 aliphatic rings. The van der Waals surface area contributed by atoms with Gasteiger partial charge in [0.1, 0.15) is 23.9 Å². The van der Waals surface area contributed by atoms with E-state index in [1.807, 2.05) is 66.7 Å². The van der Waals surface area contributed by atoms with Crippen molar-refractivity contribution in [2.45, 2.75) is 56.8 Å². The smallest absolute Gasteiger partial charge is 0.290 e. The van der Waals surface area contributed by atoms with E-state index in [1.165, 1.54) is 25.1 Å². The van der Waals surface area contributed by atoms with Gasteiger partial charge in [0.2, 0.25) is 29.4 Å². The lowest BCUT2D eigenvalue weighted by molar-refractivity contribution is -0.141. The average molecular weight is 770 g/mol. The minimum absolute atomic E-state index is 0.0161. The number of rotatable bonds is 18. The molecule has 12 heteroatoms. The summed E-state index contributed by atoms with van der Waals surface area (Å²) in [5, 5.41) is 10.2. The lowest BCUT2D eigenvalue weighted by atomic mass is 9.99. The molecular weight excluding hydrogens is 726 g/mol. The fourth-order valence-corrected chi connectivity index (χ4v) is 6.19. The summed E-state index contributed by atoms with van der Waals surface area (Å²) in [4.78, 5) is 79.6. The topological polar surface area (TPSA) is 177 Å². The zero-order chi connectivity index (χ0) is 40.7. The minimum atomic E-state index is -1.45. The van der Waals surface area contributed by atoms with Gasteiger partial charge in [0.25, 0.3) is 5.91 Å². The van der Waals surface area contributed by atoms with Gasteiger partial charge in [-0.3, -0.25) is 28.8 Å². The van der Waals surface area contributed by atoms with Gasteiger partial charge in [-0.1, -0.05) is 127 Å². The van der Waals surface area contributed by atoms with Gasteiger partial charge >= 0.3 is 0 Å². The Morgan fingerprint density at radius 2 is 1.02 bits per heavy atom. The van der Waals surface area contributed by atoms with Crippen molar-refractivity contribution in [3.63, 3.8) is 0 Å². The van der Waals surface area contributed by atoms with Crippen LogP contribution in [0.3, 0.4) is 0 Å². The first-order chi connectivity index (χ1) is 27.4. The number of nitrogens with one attached hydrogen (secondary N) is 4. The first-order valence-corrected chi connectivity index (χ1v) is 18.5. The van der Waals surface area contributed by atoms with Crippen molar-refractivity contribution >= 4 is 35.3 Å². The van der Waals surface area contributed by atoms with Crippen LogP contribution in [0.5, 0.6) is 0 Å². The third-order valence-electron chi connectivity index (χ3n) is 9.23. The molecule has 5 aromatic carbocycles. The van der Waals surface area contributed by atoms with Gasteiger partial charge in [-0.25, -0.2) is 4.39 Å². The summed E-state index contributed by atoms with van der Waals surface area (Å²) in [6.45, 7) is 1.30. The third kappa shape index (κ3) is 12.5. The first-order valence-electron chi connectivity index (χ1n) is 18.5. The molecule has 11 nitrogen and oxygen atoms in total. The van der Waals surface area contributed by atoms with Crippen molar-refractivity contribution in [3.05, 3.63) is 168 Å². The van der Waals surface area contributed by atoms with Gasteiger partial charge in [-0.15, -0.1) is 0 Å². The number of halogens is 1. The molecule has 0 aliphatic carbocycles. The molecule has 6 N–H and O–H groups in total. The molecule has 0 radical (unpaired) electrons. The van der Waals surface area contributed by atoms with E-state index in [1.54, 1.807) is 54.6 Å². The third-order valence-corrected chi connectivity index (χ3v) is 9.23. The highest BCUT2D eigenvalue weighted by Gasteiger charge is 2.32. The normalized spacial score (nSPS) is 12.9. The van der Waals surface area contributed by atoms with E-state index in [4.69, 9.17) is 5.73 Å². The summed E-state index contributed by atoms with van der Waals surface area (Å²) >= 11 is 0. The van der Waals surface area contributed by atoms with Gasteiger partial charge < -0.3 is 27.0 Å². The molecule has 0 saturated carbocycles. The SMILES string of the molecule is CC(NC(=O)C(Cc1ccccc1)NC(=O)Cc1ccccc1)C(=O)C(=O)NC(Cc1cccc(F)c1)C(=O)NC(Cc1ccc(-c2ccccc2)cc1)C(N)=O. The number of amides is 5. The van der Waals surface area contributed by atoms with Crippen LogP contribution in [0.4, 0.5) is 4.39 Å². The maximum atomic E-state index is 14.2. The Hall–Kier alpha value is -6.95. The van der Waals surface area contributed by atoms with Crippen molar-refractivity contribution in [3.8, 4) is 11.1 Å². The van der Waals surface area contributed by atoms with Crippen molar-refractivity contribution in [2.75, 3.05) is 0 Å². The molecule has 0 bridgehead atoms. The molecule has 0 heterocycles. The molecule has 0 fully saturated rings. The fraction of sp³-hybridized carbons (Fsp3) is 0.200. The molecule has 0 aromatic heterocycles. The van der Waals surface area contributed by atoms with E-state index in [0.29, 0.717) is 11.1 Å². The van der Waals surface area contributed by atoms with Crippen LogP contribution < -0.4 is 27.0 Å². The van der Waals surface area contributed by atoms with Crippen LogP contribution in [-0.4, -0.2) is 59.5 Å². The number of ketones is 1. The maximum Gasteiger partial charge on any atom is 0.290 e. The second-order valence-electron chi connectivity index (χ2n) is 13.7. The van der Waals surface area contributed by atoms with Crippen LogP contribution in [0.15, 0.2) is 140 Å². The fourth-order valence-electron chi connectivity index (χ4n) is 6.19. The Balaban J connectivity index is 1.26. The largest absolute Gasteiger partial charge is 0.368 e. The Morgan fingerprint density at radius 1 is 0.526 bits per heavy atom. The Kier molecular flexibility index (Phi) is 14.5. The van der Waals surface area contributed by atoms with E-state index in [9.17, 15) is 33.2 Å². The second kappa shape index (κ2) is 20.1. The van der Waals surface area contributed by atoms with E-state index < -0.39 is 65.3 Å². The number of benzene rings is 5. The quantitative estimate of drug-likeness (QED) is 0.0848. The lowest BCUT2D eigenvalue weighted by Gasteiger charge is -2.23. The standard InChI is InChI=1S/C45H44FN5O6/c1-29(48-43(55)38(26-30-12-5-2-6-13-30)49-40(52)28-31-14-7-3-8-15-31)41(53)45(57)51-39(27-33-16-11-19-36(46)24-33)44(56)50-37(42(47)54)25-32-20-22-35(23-21-32)34-17-9-4-10-18-34/h2-24,29,37-39H,25-28H2,1H3,(H2,47,54)(H,48,55)(H,49,52)(H,50,56)(H,51,57). The van der Waals surface area contributed by atoms with Crippen molar-refractivity contribution in [1.82, 2.24) is 21.3 Å².